The highest BCUT2D eigenvalue weighted by molar-refractivity contribution is 5.76. The number of rotatable bonds is 12. The minimum absolute atomic E-state index is 0.213. The van der Waals surface area contributed by atoms with Crippen LogP contribution in [0.2, 0.25) is 0 Å². The van der Waals surface area contributed by atoms with Gasteiger partial charge in [0.25, 0.3) is 0 Å². The molecule has 1 fully saturated rings. The van der Waals surface area contributed by atoms with Crippen molar-refractivity contribution in [2.45, 2.75) is 56.8 Å². The van der Waals surface area contributed by atoms with Crippen LogP contribution in [0.15, 0.2) is 60.7 Å². The van der Waals surface area contributed by atoms with E-state index in [1.807, 2.05) is 60.7 Å². The van der Waals surface area contributed by atoms with Gasteiger partial charge in [0.2, 0.25) is 0 Å². The van der Waals surface area contributed by atoms with Crippen molar-refractivity contribution in [3.8, 4) is 0 Å². The SMILES string of the molecule is CO[C@@H]1O[C@H](COC(=O)CCC(=O)O)[C@H](OCc2ccccc2)[C@H](OCc2ccccc2)[C@H]1O. The fourth-order valence-electron chi connectivity index (χ4n) is 3.61. The molecule has 0 radical (unpaired) electrons. The molecule has 0 saturated carbocycles. The summed E-state index contributed by atoms with van der Waals surface area (Å²) in [6, 6.07) is 19.0. The number of esters is 1. The number of carboxylic acids is 1. The Balaban J connectivity index is 1.74. The summed E-state index contributed by atoms with van der Waals surface area (Å²) in [5, 5.41) is 19.7. The van der Waals surface area contributed by atoms with Crippen molar-refractivity contribution < 1.29 is 43.5 Å². The van der Waals surface area contributed by atoms with E-state index in [-0.39, 0.29) is 32.7 Å². The number of carbonyl (C=O) groups is 2. The van der Waals surface area contributed by atoms with Crippen molar-refractivity contribution in [3.05, 3.63) is 71.8 Å². The smallest absolute Gasteiger partial charge is 0.306 e. The van der Waals surface area contributed by atoms with E-state index in [9.17, 15) is 14.7 Å². The minimum atomic E-state index is -1.16. The summed E-state index contributed by atoms with van der Waals surface area (Å²) < 4.78 is 28.6. The number of aliphatic hydroxyl groups is 1. The highest BCUT2D eigenvalue weighted by Crippen LogP contribution is 2.28. The molecule has 0 spiro atoms. The van der Waals surface area contributed by atoms with Crippen molar-refractivity contribution in [2.24, 2.45) is 0 Å². The van der Waals surface area contributed by atoms with Crippen molar-refractivity contribution >= 4 is 11.9 Å². The molecular weight excluding hydrogens is 444 g/mol. The predicted molar refractivity (Wildman–Crippen MR) is 120 cm³/mol. The summed E-state index contributed by atoms with van der Waals surface area (Å²) in [6.07, 6.45) is -5.23. The molecule has 5 atom stereocenters. The summed E-state index contributed by atoms with van der Waals surface area (Å²) >= 11 is 0. The molecular formula is C25H30O9. The molecule has 1 saturated heterocycles. The Kier molecular flexibility index (Phi) is 9.99. The molecule has 1 heterocycles. The molecule has 1 aliphatic rings. The van der Waals surface area contributed by atoms with Gasteiger partial charge in [-0.15, -0.1) is 0 Å². The number of carbonyl (C=O) groups excluding carboxylic acids is 1. The zero-order valence-corrected chi connectivity index (χ0v) is 18.9. The normalized spacial score (nSPS) is 24.5. The maximum absolute atomic E-state index is 12.0. The Bertz CT molecular complexity index is 890. The van der Waals surface area contributed by atoms with Crippen molar-refractivity contribution in [2.75, 3.05) is 13.7 Å². The lowest BCUT2D eigenvalue weighted by atomic mass is 9.98. The first-order valence-electron chi connectivity index (χ1n) is 11.0. The molecule has 0 amide bonds. The van der Waals surface area contributed by atoms with Crippen molar-refractivity contribution in [3.63, 3.8) is 0 Å². The molecule has 9 nitrogen and oxygen atoms in total. The molecule has 0 unspecified atom stereocenters. The summed E-state index contributed by atoms with van der Waals surface area (Å²) in [5.41, 5.74) is 1.82. The van der Waals surface area contributed by atoms with E-state index in [1.54, 1.807) is 0 Å². The standard InChI is InChI=1S/C25H30O9/c1-30-25-22(29)24(33-15-18-10-6-3-7-11-18)23(32-14-17-8-4-2-5-9-17)19(34-25)16-31-21(28)13-12-20(26)27/h2-11,19,22-25,29H,12-16H2,1H3,(H,26,27)/t19-,22-,23+,24-,25-/m1/s1. The second kappa shape index (κ2) is 13.2. The first kappa shape index (κ1) is 25.8. The van der Waals surface area contributed by atoms with Gasteiger partial charge in [-0.2, -0.15) is 0 Å². The Hall–Kier alpha value is -2.82. The van der Waals surface area contributed by atoms with Crippen LogP contribution >= 0.6 is 0 Å². The van der Waals surface area contributed by atoms with Gasteiger partial charge in [0.1, 0.15) is 31.0 Å². The Labute approximate surface area is 198 Å². The highest BCUT2D eigenvalue weighted by atomic mass is 16.7. The van der Waals surface area contributed by atoms with Crippen LogP contribution in [0.4, 0.5) is 0 Å². The largest absolute Gasteiger partial charge is 0.481 e. The molecule has 3 rings (SSSR count). The number of ether oxygens (including phenoxy) is 5. The first-order valence-corrected chi connectivity index (χ1v) is 11.0. The highest BCUT2D eigenvalue weighted by Gasteiger charge is 2.47. The lowest BCUT2D eigenvalue weighted by Gasteiger charge is -2.43. The maximum atomic E-state index is 12.0. The third-order valence-electron chi connectivity index (χ3n) is 5.37. The minimum Gasteiger partial charge on any atom is -0.481 e. The van der Waals surface area contributed by atoms with Crippen LogP contribution in [0.3, 0.4) is 0 Å². The van der Waals surface area contributed by atoms with E-state index in [0.717, 1.165) is 11.1 Å². The molecule has 34 heavy (non-hydrogen) atoms. The lowest BCUT2D eigenvalue weighted by molar-refractivity contribution is -0.312. The zero-order valence-electron chi connectivity index (χ0n) is 18.9. The average molecular weight is 475 g/mol. The van der Waals surface area contributed by atoms with Gasteiger partial charge in [0.05, 0.1) is 26.1 Å². The number of aliphatic hydroxyl groups excluding tert-OH is 1. The number of benzene rings is 2. The number of hydrogen-bond donors (Lipinski definition) is 2. The van der Waals surface area contributed by atoms with Crippen LogP contribution < -0.4 is 0 Å². The molecule has 2 aromatic rings. The van der Waals surface area contributed by atoms with Crippen LogP contribution in [-0.2, 0) is 46.5 Å². The number of methoxy groups -OCH3 is 1. The molecule has 2 aromatic carbocycles. The third-order valence-corrected chi connectivity index (χ3v) is 5.37. The molecule has 0 aromatic heterocycles. The predicted octanol–water partition coefficient (Wildman–Crippen LogP) is 2.30. The Morgan fingerprint density at radius 2 is 1.44 bits per heavy atom. The van der Waals surface area contributed by atoms with Gasteiger partial charge in [0, 0.05) is 7.11 Å². The molecule has 0 aliphatic carbocycles. The number of carboxylic acid groups (broad SMARTS) is 1. The van der Waals surface area contributed by atoms with E-state index in [4.69, 9.17) is 28.8 Å². The van der Waals surface area contributed by atoms with Crippen LogP contribution in [0.25, 0.3) is 0 Å². The number of hydrogen-bond acceptors (Lipinski definition) is 8. The molecule has 0 bridgehead atoms. The second-order valence-corrected chi connectivity index (χ2v) is 7.87. The lowest BCUT2D eigenvalue weighted by Crippen LogP contribution is -2.61. The fraction of sp³-hybridized carbons (Fsp3) is 0.440. The molecule has 184 valence electrons. The topological polar surface area (TPSA) is 121 Å². The van der Waals surface area contributed by atoms with Gasteiger partial charge >= 0.3 is 11.9 Å². The second-order valence-electron chi connectivity index (χ2n) is 7.87. The van der Waals surface area contributed by atoms with E-state index in [0.29, 0.717) is 0 Å². The van der Waals surface area contributed by atoms with E-state index >= 15 is 0 Å². The van der Waals surface area contributed by atoms with Gasteiger partial charge in [-0.05, 0) is 11.1 Å². The van der Waals surface area contributed by atoms with Gasteiger partial charge in [0.15, 0.2) is 6.29 Å². The van der Waals surface area contributed by atoms with Crippen LogP contribution in [0.1, 0.15) is 24.0 Å². The van der Waals surface area contributed by atoms with Gasteiger partial charge in [-0.25, -0.2) is 0 Å². The number of aliphatic carboxylic acids is 1. The van der Waals surface area contributed by atoms with E-state index in [2.05, 4.69) is 0 Å². The Morgan fingerprint density at radius 1 is 0.882 bits per heavy atom. The van der Waals surface area contributed by atoms with Crippen molar-refractivity contribution in [1.82, 2.24) is 0 Å². The van der Waals surface area contributed by atoms with Gasteiger partial charge in [-0.1, -0.05) is 60.7 Å². The fourth-order valence-corrected chi connectivity index (χ4v) is 3.61. The summed E-state index contributed by atoms with van der Waals surface area (Å²) in [5.74, 6) is -1.76. The quantitative estimate of drug-likeness (QED) is 0.446. The van der Waals surface area contributed by atoms with Gasteiger partial charge in [-0.3, -0.25) is 9.59 Å². The van der Waals surface area contributed by atoms with Crippen LogP contribution in [-0.4, -0.2) is 66.6 Å². The summed E-state index contributed by atoms with van der Waals surface area (Å²) in [6.45, 7) is 0.221. The summed E-state index contributed by atoms with van der Waals surface area (Å²) in [4.78, 5) is 22.7. The first-order chi connectivity index (χ1) is 16.5. The van der Waals surface area contributed by atoms with Crippen molar-refractivity contribution in [1.29, 1.82) is 0 Å². The zero-order chi connectivity index (χ0) is 24.3. The summed E-state index contributed by atoms with van der Waals surface area (Å²) in [7, 11) is 1.39. The maximum Gasteiger partial charge on any atom is 0.306 e. The third kappa shape index (κ3) is 7.61. The van der Waals surface area contributed by atoms with E-state index < -0.39 is 42.6 Å². The average Bonchev–Trinajstić information content (AvgIpc) is 2.86. The van der Waals surface area contributed by atoms with Crippen LogP contribution in [0, 0.1) is 0 Å². The molecule has 2 N–H and O–H groups in total. The van der Waals surface area contributed by atoms with Gasteiger partial charge < -0.3 is 33.9 Å². The molecule has 1 aliphatic heterocycles. The van der Waals surface area contributed by atoms with Crippen LogP contribution in [0.5, 0.6) is 0 Å². The Morgan fingerprint density at radius 3 is 1.97 bits per heavy atom. The molecule has 9 heteroatoms. The van der Waals surface area contributed by atoms with E-state index in [1.165, 1.54) is 7.11 Å². The monoisotopic (exact) mass is 474 g/mol.